The molecule has 1 aromatic heterocycles. The Morgan fingerprint density at radius 3 is 3.18 bits per heavy atom. The van der Waals surface area contributed by atoms with E-state index in [1.807, 2.05) is 23.5 Å². The van der Waals surface area contributed by atoms with Crippen molar-refractivity contribution in [1.82, 2.24) is 4.98 Å². The van der Waals surface area contributed by atoms with Gasteiger partial charge in [-0.25, -0.2) is 9.78 Å². The molecule has 4 nitrogen and oxygen atoms in total. The lowest BCUT2D eigenvalue weighted by Crippen LogP contribution is -2.24. The Bertz CT molecular complexity index is 395. The molecule has 0 amide bonds. The molecule has 2 heterocycles. The van der Waals surface area contributed by atoms with Crippen molar-refractivity contribution in [2.45, 2.75) is 5.25 Å². The fourth-order valence-corrected chi connectivity index (χ4v) is 4.20. The second kappa shape index (κ2) is 6.16. The molecule has 0 saturated carbocycles. The van der Waals surface area contributed by atoms with E-state index in [9.17, 15) is 4.79 Å². The molecule has 6 heteroatoms. The summed E-state index contributed by atoms with van der Waals surface area (Å²) in [5.74, 6) is 3.03. The van der Waals surface area contributed by atoms with Crippen LogP contribution < -0.4 is 5.32 Å². The van der Waals surface area contributed by atoms with E-state index in [0.29, 0.717) is 11.1 Å². The highest BCUT2D eigenvalue weighted by atomic mass is 32.2. The minimum atomic E-state index is -0.939. The molecule has 0 spiro atoms. The van der Waals surface area contributed by atoms with Gasteiger partial charge >= 0.3 is 5.97 Å². The molecule has 92 valence electrons. The van der Waals surface area contributed by atoms with Crippen LogP contribution in [0.5, 0.6) is 0 Å². The van der Waals surface area contributed by atoms with Crippen LogP contribution >= 0.6 is 23.5 Å². The van der Waals surface area contributed by atoms with Crippen LogP contribution in [0.3, 0.4) is 0 Å². The Kier molecular flexibility index (Phi) is 4.56. The minimum absolute atomic E-state index is 0.237. The van der Waals surface area contributed by atoms with Crippen LogP contribution in [-0.2, 0) is 0 Å². The SMILES string of the molecule is O=C(O)c1cccnc1NCC1CSCCS1. The largest absolute Gasteiger partial charge is 0.478 e. The van der Waals surface area contributed by atoms with E-state index in [-0.39, 0.29) is 5.56 Å². The molecule has 1 atom stereocenters. The van der Waals surface area contributed by atoms with Gasteiger partial charge in [0.25, 0.3) is 0 Å². The summed E-state index contributed by atoms with van der Waals surface area (Å²) < 4.78 is 0. The summed E-state index contributed by atoms with van der Waals surface area (Å²) >= 11 is 3.89. The van der Waals surface area contributed by atoms with Crippen LogP contribution in [0.2, 0.25) is 0 Å². The van der Waals surface area contributed by atoms with E-state index in [2.05, 4.69) is 10.3 Å². The molecule has 1 aliphatic rings. The molecule has 0 radical (unpaired) electrons. The number of pyridine rings is 1. The summed E-state index contributed by atoms with van der Waals surface area (Å²) in [6.45, 7) is 0.773. The van der Waals surface area contributed by atoms with Crippen LogP contribution in [0.4, 0.5) is 5.82 Å². The molecular formula is C11H14N2O2S2. The van der Waals surface area contributed by atoms with E-state index < -0.39 is 5.97 Å². The van der Waals surface area contributed by atoms with E-state index in [4.69, 9.17) is 5.11 Å². The van der Waals surface area contributed by atoms with Crippen molar-refractivity contribution in [2.24, 2.45) is 0 Å². The van der Waals surface area contributed by atoms with Crippen LogP contribution in [0.1, 0.15) is 10.4 Å². The summed E-state index contributed by atoms with van der Waals surface area (Å²) in [7, 11) is 0. The van der Waals surface area contributed by atoms with Crippen molar-refractivity contribution in [3.8, 4) is 0 Å². The summed E-state index contributed by atoms with van der Waals surface area (Å²) in [4.78, 5) is 15.1. The zero-order valence-electron chi connectivity index (χ0n) is 9.26. The van der Waals surface area contributed by atoms with Gasteiger partial charge in [0, 0.05) is 35.3 Å². The summed E-state index contributed by atoms with van der Waals surface area (Å²) in [5.41, 5.74) is 0.237. The highest BCUT2D eigenvalue weighted by Gasteiger charge is 2.16. The molecule has 2 N–H and O–H groups in total. The Morgan fingerprint density at radius 2 is 2.47 bits per heavy atom. The Labute approximate surface area is 109 Å². The third-order valence-corrected chi connectivity index (χ3v) is 5.27. The van der Waals surface area contributed by atoms with Crippen LogP contribution in [-0.4, -0.2) is 45.1 Å². The molecule has 1 fully saturated rings. The molecule has 0 aliphatic carbocycles. The van der Waals surface area contributed by atoms with E-state index in [0.717, 1.165) is 12.3 Å². The van der Waals surface area contributed by atoms with Gasteiger partial charge in [0.05, 0.1) is 0 Å². The van der Waals surface area contributed by atoms with Crippen LogP contribution in [0.25, 0.3) is 0 Å². The monoisotopic (exact) mass is 270 g/mol. The van der Waals surface area contributed by atoms with Gasteiger partial charge in [-0.15, -0.1) is 0 Å². The van der Waals surface area contributed by atoms with E-state index in [1.165, 1.54) is 11.5 Å². The lowest BCUT2D eigenvalue weighted by Gasteiger charge is -2.21. The normalized spacial score (nSPS) is 19.9. The summed E-state index contributed by atoms with van der Waals surface area (Å²) in [5, 5.41) is 12.7. The first-order valence-corrected chi connectivity index (χ1v) is 7.59. The molecular weight excluding hydrogens is 256 g/mol. The molecule has 1 aliphatic heterocycles. The van der Waals surface area contributed by atoms with Crippen LogP contribution in [0, 0.1) is 0 Å². The first-order chi connectivity index (χ1) is 8.27. The van der Waals surface area contributed by atoms with Crippen molar-refractivity contribution in [3.63, 3.8) is 0 Å². The number of nitrogens with zero attached hydrogens (tertiary/aromatic N) is 1. The first kappa shape index (κ1) is 12.6. The number of hydrogen-bond donors (Lipinski definition) is 2. The Hall–Kier alpha value is -0.880. The van der Waals surface area contributed by atoms with Gasteiger partial charge in [0.15, 0.2) is 0 Å². The molecule has 2 rings (SSSR count). The molecule has 17 heavy (non-hydrogen) atoms. The van der Waals surface area contributed by atoms with Crippen molar-refractivity contribution >= 4 is 35.3 Å². The van der Waals surface area contributed by atoms with E-state index >= 15 is 0 Å². The van der Waals surface area contributed by atoms with Crippen LogP contribution in [0.15, 0.2) is 18.3 Å². The van der Waals surface area contributed by atoms with Gasteiger partial charge in [-0.2, -0.15) is 23.5 Å². The van der Waals surface area contributed by atoms with Gasteiger partial charge in [-0.05, 0) is 12.1 Å². The maximum atomic E-state index is 11.0. The third kappa shape index (κ3) is 3.54. The van der Waals surface area contributed by atoms with Crippen molar-refractivity contribution in [1.29, 1.82) is 0 Å². The first-order valence-electron chi connectivity index (χ1n) is 5.39. The fraction of sp³-hybridized carbons (Fsp3) is 0.455. The average molecular weight is 270 g/mol. The van der Waals surface area contributed by atoms with Gasteiger partial charge in [0.1, 0.15) is 11.4 Å². The molecule has 1 aromatic rings. The average Bonchev–Trinajstić information content (AvgIpc) is 2.38. The number of carboxylic acid groups (broad SMARTS) is 1. The molecule has 1 saturated heterocycles. The number of carboxylic acids is 1. The van der Waals surface area contributed by atoms with Gasteiger partial charge in [-0.3, -0.25) is 0 Å². The minimum Gasteiger partial charge on any atom is -0.478 e. The number of hydrogen-bond acceptors (Lipinski definition) is 5. The number of aromatic nitrogens is 1. The zero-order valence-corrected chi connectivity index (χ0v) is 10.9. The zero-order chi connectivity index (χ0) is 12.1. The highest BCUT2D eigenvalue weighted by molar-refractivity contribution is 8.06. The maximum Gasteiger partial charge on any atom is 0.339 e. The fourth-order valence-electron chi connectivity index (χ4n) is 1.58. The third-order valence-electron chi connectivity index (χ3n) is 2.42. The Balaban J connectivity index is 1.96. The van der Waals surface area contributed by atoms with Crippen molar-refractivity contribution in [3.05, 3.63) is 23.9 Å². The number of anilines is 1. The Morgan fingerprint density at radius 1 is 1.59 bits per heavy atom. The number of thioether (sulfide) groups is 2. The predicted molar refractivity (Wildman–Crippen MR) is 73.3 cm³/mol. The highest BCUT2D eigenvalue weighted by Crippen LogP contribution is 2.24. The maximum absolute atomic E-state index is 11.0. The van der Waals surface area contributed by atoms with Gasteiger partial charge in [0.2, 0.25) is 0 Å². The van der Waals surface area contributed by atoms with Gasteiger partial charge in [-0.1, -0.05) is 0 Å². The summed E-state index contributed by atoms with van der Waals surface area (Å²) in [6.07, 6.45) is 1.61. The number of nitrogens with one attached hydrogen (secondary N) is 1. The second-order valence-corrected chi connectivity index (χ2v) is 6.21. The van der Waals surface area contributed by atoms with Crippen molar-refractivity contribution in [2.75, 3.05) is 29.1 Å². The number of aromatic carboxylic acids is 1. The second-order valence-electron chi connectivity index (χ2n) is 3.65. The number of carbonyl (C=O) groups is 1. The molecule has 0 bridgehead atoms. The lowest BCUT2D eigenvalue weighted by atomic mass is 10.2. The van der Waals surface area contributed by atoms with E-state index in [1.54, 1.807) is 18.3 Å². The molecule has 0 aromatic carbocycles. The lowest BCUT2D eigenvalue weighted by molar-refractivity contribution is 0.0697. The summed E-state index contributed by atoms with van der Waals surface area (Å²) in [6, 6.07) is 3.21. The van der Waals surface area contributed by atoms with Crippen molar-refractivity contribution < 1.29 is 9.90 Å². The number of rotatable bonds is 4. The molecule has 1 unspecified atom stereocenters. The smallest absolute Gasteiger partial charge is 0.339 e. The predicted octanol–water partition coefficient (Wildman–Crippen LogP) is 2.04. The van der Waals surface area contributed by atoms with Gasteiger partial charge < -0.3 is 10.4 Å². The quantitative estimate of drug-likeness (QED) is 0.873. The topological polar surface area (TPSA) is 62.2 Å². The standard InChI is InChI=1S/C11H14N2O2S2/c14-11(15)9-2-1-3-12-10(9)13-6-8-7-16-4-5-17-8/h1-3,8H,4-7H2,(H,12,13)(H,14,15).